The molecule has 0 amide bonds. The lowest BCUT2D eigenvalue weighted by Crippen LogP contribution is -2.35. The second-order valence-electron chi connectivity index (χ2n) is 14.2. The highest BCUT2D eigenvalue weighted by molar-refractivity contribution is 8.18. The van der Waals surface area contributed by atoms with Gasteiger partial charge < -0.3 is 0 Å². The van der Waals surface area contributed by atoms with Crippen molar-refractivity contribution in [3.8, 4) is 0 Å². The van der Waals surface area contributed by atoms with E-state index in [0.29, 0.717) is 0 Å². The van der Waals surface area contributed by atoms with Gasteiger partial charge in [-0.2, -0.15) is 0 Å². The van der Waals surface area contributed by atoms with Crippen molar-refractivity contribution in [2.24, 2.45) is 0 Å². The second kappa shape index (κ2) is 8.36. The van der Waals surface area contributed by atoms with Crippen molar-refractivity contribution in [1.29, 1.82) is 0 Å². The maximum Gasteiger partial charge on any atom is 0.115 e. The molecular weight excluding hydrogens is 545 g/mol. The number of fused-ring (bicyclic) bond motifs is 8. The molecule has 0 N–H and O–H groups in total. The van der Waals surface area contributed by atoms with Crippen molar-refractivity contribution in [3.05, 3.63) is 118 Å². The smallest absolute Gasteiger partial charge is 0.115 e. The Morgan fingerprint density at radius 1 is 0.619 bits per heavy atom. The van der Waals surface area contributed by atoms with Crippen molar-refractivity contribution >= 4 is 66.6 Å². The third-order valence-electron chi connectivity index (χ3n) is 10.1. The first kappa shape index (κ1) is 25.5. The van der Waals surface area contributed by atoms with E-state index >= 15 is 0 Å². The Balaban J connectivity index is 1.56. The van der Waals surface area contributed by atoms with E-state index in [1.165, 1.54) is 96.6 Å². The Kier molecular flexibility index (Phi) is 5.09. The molecule has 0 saturated carbocycles. The Labute approximate surface area is 257 Å². The molecule has 0 fully saturated rings. The summed E-state index contributed by atoms with van der Waals surface area (Å²) >= 11 is 4.38. The predicted molar refractivity (Wildman–Crippen MR) is 186 cm³/mol. The second-order valence-corrected chi connectivity index (χ2v) is 18.3. The fourth-order valence-electron chi connectivity index (χ4n) is 8.21. The summed E-state index contributed by atoms with van der Waals surface area (Å²) < 4.78 is -0.336. The highest BCUT2D eigenvalue weighted by Gasteiger charge is 2.51. The molecule has 1 unspecified atom stereocenters. The quantitative estimate of drug-likeness (QED) is 0.187. The first-order chi connectivity index (χ1) is 20.1. The molecule has 1 atom stereocenters. The average molecular weight is 581 g/mol. The molecule has 2 aliphatic carbocycles. The van der Waals surface area contributed by atoms with Gasteiger partial charge in [-0.1, -0.05) is 87.5 Å². The first-order valence-electron chi connectivity index (χ1n) is 15.5. The fourth-order valence-corrected chi connectivity index (χ4v) is 12.9. The largest absolute Gasteiger partial charge is 0.129 e. The summed E-state index contributed by atoms with van der Waals surface area (Å²) in [5.41, 5.74) is 10.7. The van der Waals surface area contributed by atoms with Crippen LogP contribution in [0.15, 0.2) is 78.9 Å². The van der Waals surface area contributed by atoms with E-state index in [4.69, 9.17) is 0 Å². The van der Waals surface area contributed by atoms with E-state index < -0.39 is 0 Å². The Bertz CT molecular complexity index is 2160. The van der Waals surface area contributed by atoms with Gasteiger partial charge in [0.25, 0.3) is 0 Å². The Morgan fingerprint density at radius 3 is 1.88 bits per heavy atom. The molecule has 0 saturated heterocycles. The van der Waals surface area contributed by atoms with Gasteiger partial charge in [0, 0.05) is 9.49 Å². The van der Waals surface area contributed by atoms with Gasteiger partial charge in [-0.05, 0) is 134 Å². The summed E-state index contributed by atoms with van der Waals surface area (Å²) in [4.78, 5) is 0. The maximum absolute atomic E-state index is 2.53. The minimum Gasteiger partial charge on any atom is -0.129 e. The molecule has 6 aromatic carbocycles. The van der Waals surface area contributed by atoms with Gasteiger partial charge in [-0.3, -0.25) is 0 Å². The summed E-state index contributed by atoms with van der Waals surface area (Å²) in [6, 6.07) is 31.1. The standard InChI is InChI=1S/C40H36S2/c1-38(2,3)41-40(36-29-11-7-6-9-25(29)21-32-27-17-13-23(27)15-19-30(32)36)37-31-20-16-24-14-18-28(24)33(31)22-26-10-8-12-34(35(26)37)39(4,5)42-40/h6-12,15-16,19-22H,13-14,17-18H2,1-5H3. The molecule has 3 aliphatic rings. The molecule has 208 valence electrons. The number of hydrogen-bond donors (Lipinski definition) is 0. The van der Waals surface area contributed by atoms with Gasteiger partial charge >= 0.3 is 0 Å². The van der Waals surface area contributed by atoms with Crippen LogP contribution in [0, 0.1) is 0 Å². The number of thioether (sulfide) groups is 2. The molecule has 0 nitrogen and oxygen atoms in total. The zero-order valence-electron chi connectivity index (χ0n) is 25.2. The Morgan fingerprint density at radius 2 is 1.24 bits per heavy atom. The van der Waals surface area contributed by atoms with Crippen LogP contribution in [-0.4, -0.2) is 4.75 Å². The van der Waals surface area contributed by atoms with Gasteiger partial charge in [0.2, 0.25) is 0 Å². The van der Waals surface area contributed by atoms with Crippen LogP contribution in [0.2, 0.25) is 0 Å². The van der Waals surface area contributed by atoms with E-state index in [2.05, 4.69) is 137 Å². The maximum atomic E-state index is 2.53. The molecule has 2 heteroatoms. The minimum absolute atomic E-state index is 0.0345. The zero-order chi connectivity index (χ0) is 28.6. The SMILES string of the molecule is CC(C)(C)SC1(c2c3ccccc3cc3c4c(ccc23)CC4)SC(C)(C)c2cccc3cc4c5c(ccc4c1c23)CC5. The van der Waals surface area contributed by atoms with Crippen LogP contribution in [0.1, 0.15) is 73.6 Å². The van der Waals surface area contributed by atoms with Gasteiger partial charge in [0.05, 0.1) is 0 Å². The monoisotopic (exact) mass is 580 g/mol. The normalized spacial score (nSPS) is 20.4. The molecule has 1 aliphatic heterocycles. The average Bonchev–Trinajstić information content (AvgIpc) is 2.88. The fraction of sp³-hybridized carbons (Fsp3) is 0.300. The zero-order valence-corrected chi connectivity index (χ0v) is 26.8. The summed E-state index contributed by atoms with van der Waals surface area (Å²) in [6.45, 7) is 12.2. The van der Waals surface area contributed by atoms with E-state index in [9.17, 15) is 0 Å². The molecule has 0 bridgehead atoms. The summed E-state index contributed by atoms with van der Waals surface area (Å²) in [5.74, 6) is 0. The molecule has 1 heterocycles. The van der Waals surface area contributed by atoms with Crippen LogP contribution in [-0.2, 0) is 34.5 Å². The number of rotatable bonds is 2. The van der Waals surface area contributed by atoms with Crippen molar-refractivity contribution in [3.63, 3.8) is 0 Å². The summed E-state index contributed by atoms with van der Waals surface area (Å²) in [6.07, 6.45) is 4.80. The van der Waals surface area contributed by atoms with E-state index in [-0.39, 0.29) is 13.6 Å². The number of benzene rings is 6. The van der Waals surface area contributed by atoms with Crippen molar-refractivity contribution in [2.75, 3.05) is 0 Å². The third kappa shape index (κ3) is 3.34. The van der Waals surface area contributed by atoms with Crippen molar-refractivity contribution in [2.45, 2.75) is 73.9 Å². The van der Waals surface area contributed by atoms with E-state index in [0.717, 1.165) is 0 Å². The summed E-state index contributed by atoms with van der Waals surface area (Å²) in [5, 5.41) is 11.5. The van der Waals surface area contributed by atoms with Crippen LogP contribution in [0.3, 0.4) is 0 Å². The molecule has 6 aromatic rings. The Hall–Kier alpha value is -2.94. The van der Waals surface area contributed by atoms with Gasteiger partial charge in [0.1, 0.15) is 4.08 Å². The van der Waals surface area contributed by atoms with Gasteiger partial charge in [0.15, 0.2) is 0 Å². The van der Waals surface area contributed by atoms with Crippen LogP contribution in [0.4, 0.5) is 0 Å². The first-order valence-corrected chi connectivity index (χ1v) is 17.2. The highest BCUT2D eigenvalue weighted by Crippen LogP contribution is 2.69. The molecule has 42 heavy (non-hydrogen) atoms. The lowest BCUT2D eigenvalue weighted by molar-refractivity contribution is 0.761. The number of hydrogen-bond acceptors (Lipinski definition) is 2. The van der Waals surface area contributed by atoms with E-state index in [1.807, 2.05) is 0 Å². The highest BCUT2D eigenvalue weighted by atomic mass is 32.2. The molecule has 0 spiro atoms. The topological polar surface area (TPSA) is 0 Å². The van der Waals surface area contributed by atoms with Crippen molar-refractivity contribution < 1.29 is 0 Å². The van der Waals surface area contributed by atoms with E-state index in [1.54, 1.807) is 11.1 Å². The molecule has 0 radical (unpaired) electrons. The van der Waals surface area contributed by atoms with Crippen molar-refractivity contribution in [1.82, 2.24) is 0 Å². The number of aryl methyl sites for hydroxylation is 4. The third-order valence-corrected chi connectivity index (χ3v) is 13.3. The summed E-state index contributed by atoms with van der Waals surface area (Å²) in [7, 11) is 0. The minimum atomic E-state index is -0.303. The molecule has 9 rings (SSSR count). The predicted octanol–water partition coefficient (Wildman–Crippen LogP) is 11.2. The molecule has 0 aromatic heterocycles. The lowest BCUT2D eigenvalue weighted by Gasteiger charge is -2.49. The van der Waals surface area contributed by atoms with Gasteiger partial charge in [-0.25, -0.2) is 0 Å². The molecular formula is C40H36S2. The lowest BCUT2D eigenvalue weighted by atomic mass is 9.77. The van der Waals surface area contributed by atoms with Gasteiger partial charge in [-0.15, -0.1) is 23.5 Å². The van der Waals surface area contributed by atoms with Crippen LogP contribution >= 0.6 is 23.5 Å². The van der Waals surface area contributed by atoms with Crippen LogP contribution < -0.4 is 0 Å². The van der Waals surface area contributed by atoms with Crippen LogP contribution in [0.5, 0.6) is 0 Å². The van der Waals surface area contributed by atoms with Crippen LogP contribution in [0.25, 0.3) is 43.1 Å².